The first-order valence-electron chi connectivity index (χ1n) is 5.13. The third-order valence-corrected chi connectivity index (χ3v) is 2.58. The lowest BCUT2D eigenvalue weighted by molar-refractivity contribution is -0.140. The van der Waals surface area contributed by atoms with Gasteiger partial charge in [-0.1, -0.05) is 12.1 Å². The fourth-order valence-electron chi connectivity index (χ4n) is 1.62. The second kappa shape index (κ2) is 4.29. The summed E-state index contributed by atoms with van der Waals surface area (Å²) in [7, 11) is 0. The third-order valence-electron chi connectivity index (χ3n) is 2.58. The van der Waals surface area contributed by atoms with E-state index in [9.17, 15) is 9.90 Å². The number of aromatic nitrogens is 2. The summed E-state index contributed by atoms with van der Waals surface area (Å²) in [4.78, 5) is 14.9. The number of nitrogens with zero attached hydrogens (tertiary/aromatic N) is 2. The Morgan fingerprint density at radius 1 is 1.47 bits per heavy atom. The molecule has 0 bridgehead atoms. The van der Waals surface area contributed by atoms with Gasteiger partial charge >= 0.3 is 5.97 Å². The van der Waals surface area contributed by atoms with E-state index in [4.69, 9.17) is 5.11 Å². The lowest BCUT2D eigenvalue weighted by Gasteiger charge is -2.12. The summed E-state index contributed by atoms with van der Waals surface area (Å²) in [6.45, 7) is 1.58. The Hall–Kier alpha value is -2.30. The van der Waals surface area contributed by atoms with Crippen LogP contribution in [-0.2, 0) is 4.79 Å². The summed E-state index contributed by atoms with van der Waals surface area (Å²) in [5.41, 5.74) is 1.39. The van der Waals surface area contributed by atoms with Crippen LogP contribution in [0.1, 0.15) is 13.0 Å². The topological polar surface area (TPSA) is 75.3 Å². The van der Waals surface area contributed by atoms with E-state index in [1.807, 2.05) is 0 Å². The summed E-state index contributed by atoms with van der Waals surface area (Å²) in [6, 6.07) is 5.93. The van der Waals surface area contributed by atoms with Gasteiger partial charge in [-0.3, -0.25) is 0 Å². The van der Waals surface area contributed by atoms with Crippen LogP contribution in [0, 0.1) is 0 Å². The zero-order valence-corrected chi connectivity index (χ0v) is 9.24. The molecule has 5 heteroatoms. The molecule has 0 aliphatic carbocycles. The number of carboxylic acid groups (broad SMARTS) is 1. The van der Waals surface area contributed by atoms with Crippen molar-refractivity contribution in [3.8, 4) is 17.0 Å². The van der Waals surface area contributed by atoms with E-state index in [-0.39, 0.29) is 5.75 Å². The molecule has 1 aromatic carbocycles. The molecule has 1 heterocycles. The van der Waals surface area contributed by atoms with E-state index < -0.39 is 12.0 Å². The number of imidazole rings is 1. The molecule has 2 rings (SSSR count). The number of carboxylic acids is 1. The average Bonchev–Trinajstić information content (AvgIpc) is 2.76. The van der Waals surface area contributed by atoms with Crippen molar-refractivity contribution in [1.82, 2.24) is 9.55 Å². The lowest BCUT2D eigenvalue weighted by atomic mass is 10.1. The van der Waals surface area contributed by atoms with Gasteiger partial charge in [-0.2, -0.15) is 0 Å². The minimum absolute atomic E-state index is 0.137. The number of phenolic OH excluding ortho intramolecular Hbond substituents is 1. The van der Waals surface area contributed by atoms with Crippen molar-refractivity contribution >= 4 is 5.97 Å². The van der Waals surface area contributed by atoms with Gasteiger partial charge in [-0.15, -0.1) is 0 Å². The van der Waals surface area contributed by atoms with E-state index in [2.05, 4.69) is 4.98 Å². The Morgan fingerprint density at radius 2 is 2.24 bits per heavy atom. The van der Waals surface area contributed by atoms with Crippen molar-refractivity contribution in [2.24, 2.45) is 0 Å². The molecule has 5 nitrogen and oxygen atoms in total. The molecule has 0 fully saturated rings. The standard InChI is InChI=1S/C12H12N2O3/c1-8(12(16)17)14-7-13-6-11(14)9-3-2-4-10(15)5-9/h2-8,15H,1H3,(H,16,17). The van der Waals surface area contributed by atoms with Gasteiger partial charge in [0, 0.05) is 5.56 Å². The second-order valence-corrected chi connectivity index (χ2v) is 3.75. The summed E-state index contributed by atoms with van der Waals surface area (Å²) >= 11 is 0. The Bertz CT molecular complexity index is 548. The monoisotopic (exact) mass is 232 g/mol. The Labute approximate surface area is 98.0 Å². The first kappa shape index (κ1) is 11.2. The number of phenols is 1. The van der Waals surface area contributed by atoms with E-state index in [1.54, 1.807) is 42.0 Å². The summed E-state index contributed by atoms with van der Waals surface area (Å²) in [6.07, 6.45) is 3.05. The molecule has 1 unspecified atom stereocenters. The van der Waals surface area contributed by atoms with Crippen LogP contribution < -0.4 is 0 Å². The van der Waals surface area contributed by atoms with E-state index in [0.717, 1.165) is 5.56 Å². The smallest absolute Gasteiger partial charge is 0.326 e. The van der Waals surface area contributed by atoms with Gasteiger partial charge in [0.2, 0.25) is 0 Å². The van der Waals surface area contributed by atoms with Gasteiger partial charge in [0.15, 0.2) is 0 Å². The normalized spacial score (nSPS) is 12.3. The Kier molecular flexibility index (Phi) is 2.82. The molecule has 1 atom stereocenters. The molecule has 0 saturated heterocycles. The number of carbonyl (C=O) groups is 1. The number of hydrogen-bond donors (Lipinski definition) is 2. The molecule has 88 valence electrons. The van der Waals surface area contributed by atoms with Crippen molar-refractivity contribution in [3.05, 3.63) is 36.8 Å². The van der Waals surface area contributed by atoms with Crippen LogP contribution in [0.25, 0.3) is 11.3 Å². The highest BCUT2D eigenvalue weighted by molar-refractivity contribution is 5.73. The van der Waals surface area contributed by atoms with Crippen LogP contribution in [0.4, 0.5) is 0 Å². The third kappa shape index (κ3) is 2.13. The molecule has 0 saturated carbocycles. The van der Waals surface area contributed by atoms with Crippen molar-refractivity contribution < 1.29 is 15.0 Å². The van der Waals surface area contributed by atoms with Gasteiger partial charge in [0.05, 0.1) is 18.2 Å². The van der Waals surface area contributed by atoms with Crippen LogP contribution in [0.5, 0.6) is 5.75 Å². The van der Waals surface area contributed by atoms with Crippen LogP contribution in [-0.4, -0.2) is 25.7 Å². The maximum Gasteiger partial charge on any atom is 0.326 e. The van der Waals surface area contributed by atoms with E-state index >= 15 is 0 Å². The molecule has 17 heavy (non-hydrogen) atoms. The largest absolute Gasteiger partial charge is 0.508 e. The SMILES string of the molecule is CC(C(=O)O)n1cncc1-c1cccc(O)c1. The lowest BCUT2D eigenvalue weighted by Crippen LogP contribution is -2.15. The molecular weight excluding hydrogens is 220 g/mol. The molecule has 0 spiro atoms. The number of aliphatic carboxylic acids is 1. The highest BCUT2D eigenvalue weighted by Crippen LogP contribution is 2.25. The number of benzene rings is 1. The summed E-state index contributed by atoms with van der Waals surface area (Å²) in [5.74, 6) is -0.789. The van der Waals surface area contributed by atoms with Crippen LogP contribution in [0.3, 0.4) is 0 Å². The second-order valence-electron chi connectivity index (χ2n) is 3.75. The summed E-state index contributed by atoms with van der Waals surface area (Å²) < 4.78 is 1.55. The highest BCUT2D eigenvalue weighted by atomic mass is 16.4. The summed E-state index contributed by atoms with van der Waals surface area (Å²) in [5, 5.41) is 18.4. The molecule has 2 N–H and O–H groups in total. The maximum atomic E-state index is 11.0. The fourth-order valence-corrected chi connectivity index (χ4v) is 1.62. The minimum Gasteiger partial charge on any atom is -0.508 e. The average molecular weight is 232 g/mol. The highest BCUT2D eigenvalue weighted by Gasteiger charge is 2.17. The molecule has 0 aliphatic heterocycles. The molecule has 2 aromatic rings. The van der Waals surface area contributed by atoms with Gasteiger partial charge in [0.25, 0.3) is 0 Å². The van der Waals surface area contributed by atoms with Gasteiger partial charge < -0.3 is 14.8 Å². The van der Waals surface area contributed by atoms with Crippen LogP contribution in [0.15, 0.2) is 36.8 Å². The molecule has 1 aromatic heterocycles. The number of hydrogen-bond acceptors (Lipinski definition) is 3. The van der Waals surface area contributed by atoms with Gasteiger partial charge in [-0.25, -0.2) is 9.78 Å². The van der Waals surface area contributed by atoms with Crippen molar-refractivity contribution in [1.29, 1.82) is 0 Å². The predicted molar refractivity (Wildman–Crippen MR) is 61.7 cm³/mol. The first-order valence-corrected chi connectivity index (χ1v) is 5.13. The quantitative estimate of drug-likeness (QED) is 0.847. The first-order chi connectivity index (χ1) is 8.09. The minimum atomic E-state index is -0.926. The predicted octanol–water partition coefficient (Wildman–Crippen LogP) is 1.90. The fraction of sp³-hybridized carbons (Fsp3) is 0.167. The van der Waals surface area contributed by atoms with Crippen LogP contribution in [0.2, 0.25) is 0 Å². The van der Waals surface area contributed by atoms with Crippen LogP contribution >= 0.6 is 0 Å². The van der Waals surface area contributed by atoms with Gasteiger partial charge in [-0.05, 0) is 19.1 Å². The maximum absolute atomic E-state index is 11.0. The van der Waals surface area contributed by atoms with Crippen molar-refractivity contribution in [2.75, 3.05) is 0 Å². The van der Waals surface area contributed by atoms with Crippen molar-refractivity contribution in [3.63, 3.8) is 0 Å². The van der Waals surface area contributed by atoms with Crippen molar-refractivity contribution in [2.45, 2.75) is 13.0 Å². The Balaban J connectivity index is 2.47. The zero-order chi connectivity index (χ0) is 12.4. The molecule has 0 radical (unpaired) electrons. The number of aromatic hydroxyl groups is 1. The Morgan fingerprint density at radius 3 is 2.88 bits per heavy atom. The molecular formula is C12H12N2O3. The van der Waals surface area contributed by atoms with E-state index in [1.165, 1.54) is 6.33 Å². The molecule has 0 aliphatic rings. The molecule has 0 amide bonds. The van der Waals surface area contributed by atoms with Gasteiger partial charge in [0.1, 0.15) is 11.8 Å². The number of rotatable bonds is 3. The van der Waals surface area contributed by atoms with E-state index in [0.29, 0.717) is 5.69 Å². The zero-order valence-electron chi connectivity index (χ0n) is 9.24.